The van der Waals surface area contributed by atoms with E-state index in [4.69, 9.17) is 11.6 Å². The maximum absolute atomic E-state index is 12.5. The average molecular weight is 380 g/mol. The highest BCUT2D eigenvalue weighted by molar-refractivity contribution is 6.31. The van der Waals surface area contributed by atoms with Gasteiger partial charge in [0.15, 0.2) is 0 Å². The highest BCUT2D eigenvalue weighted by Crippen LogP contribution is 2.20. The van der Waals surface area contributed by atoms with Gasteiger partial charge in [-0.2, -0.15) is 5.10 Å². The van der Waals surface area contributed by atoms with Gasteiger partial charge in [-0.3, -0.25) is 9.48 Å². The van der Waals surface area contributed by atoms with Crippen LogP contribution in [0.3, 0.4) is 0 Å². The van der Waals surface area contributed by atoms with Gasteiger partial charge < -0.3 is 14.8 Å². The zero-order valence-electron chi connectivity index (χ0n) is 14.7. The normalized spacial score (nSPS) is 11.6. The third kappa shape index (κ3) is 4.20. The van der Waals surface area contributed by atoms with E-state index in [-0.39, 0.29) is 16.8 Å². The second-order valence-corrected chi connectivity index (χ2v) is 5.90. The summed E-state index contributed by atoms with van der Waals surface area (Å²) in [6.45, 7) is 3.37. The minimum Gasteiger partial charge on any atom is -0.465 e. The summed E-state index contributed by atoms with van der Waals surface area (Å²) >= 11 is 5.96. The molecule has 0 radical (unpaired) electrons. The van der Waals surface area contributed by atoms with E-state index in [1.54, 1.807) is 20.0 Å². The van der Waals surface area contributed by atoms with Crippen LogP contribution in [0.15, 0.2) is 24.4 Å². The van der Waals surface area contributed by atoms with Crippen molar-refractivity contribution >= 4 is 35.1 Å². The van der Waals surface area contributed by atoms with Gasteiger partial charge in [0.25, 0.3) is 0 Å². The van der Waals surface area contributed by atoms with Crippen LogP contribution in [0.5, 0.6) is 0 Å². The molecule has 2 rings (SSSR count). The molecule has 1 amide bonds. The fourth-order valence-corrected chi connectivity index (χ4v) is 2.33. The first-order valence-electron chi connectivity index (χ1n) is 7.60. The van der Waals surface area contributed by atoms with Crippen molar-refractivity contribution < 1.29 is 23.9 Å². The van der Waals surface area contributed by atoms with Crippen molar-refractivity contribution in [3.05, 3.63) is 46.2 Å². The SMILES string of the molecule is COC(=O)c1cc(NC(=O)C(C)n2cc(Cl)c(C)n2)cc(C(=O)OC)c1. The number of rotatable bonds is 5. The number of nitrogens with one attached hydrogen (secondary N) is 1. The number of ether oxygens (including phenoxy) is 2. The summed E-state index contributed by atoms with van der Waals surface area (Å²) in [5, 5.41) is 7.27. The molecule has 9 heteroatoms. The number of nitrogens with zero attached hydrogens (tertiary/aromatic N) is 2. The molecule has 1 heterocycles. The molecule has 1 aromatic carbocycles. The van der Waals surface area contributed by atoms with Crippen molar-refractivity contribution in [1.82, 2.24) is 9.78 Å². The van der Waals surface area contributed by atoms with Crippen LogP contribution in [0.1, 0.15) is 39.4 Å². The average Bonchev–Trinajstić information content (AvgIpc) is 2.97. The molecule has 0 fully saturated rings. The molecule has 0 spiro atoms. The number of esters is 2. The van der Waals surface area contributed by atoms with Gasteiger partial charge in [-0.25, -0.2) is 9.59 Å². The van der Waals surface area contributed by atoms with Gasteiger partial charge in [0.05, 0.1) is 36.1 Å². The van der Waals surface area contributed by atoms with E-state index in [0.29, 0.717) is 10.7 Å². The summed E-state index contributed by atoms with van der Waals surface area (Å²) in [6, 6.07) is 3.48. The van der Waals surface area contributed by atoms with Crippen molar-refractivity contribution in [3.8, 4) is 0 Å². The maximum Gasteiger partial charge on any atom is 0.337 e. The fourth-order valence-electron chi connectivity index (χ4n) is 2.20. The molecule has 0 saturated heterocycles. The summed E-state index contributed by atoms with van der Waals surface area (Å²) in [5.74, 6) is -1.69. The number of benzene rings is 1. The van der Waals surface area contributed by atoms with Crippen LogP contribution in [0, 0.1) is 6.92 Å². The molecule has 0 aliphatic heterocycles. The first-order chi connectivity index (χ1) is 12.3. The van der Waals surface area contributed by atoms with Crippen molar-refractivity contribution in [2.75, 3.05) is 19.5 Å². The van der Waals surface area contributed by atoms with E-state index >= 15 is 0 Å². The van der Waals surface area contributed by atoms with Gasteiger partial charge in [0.2, 0.25) is 5.91 Å². The third-order valence-corrected chi connectivity index (χ3v) is 4.05. The molecule has 1 atom stereocenters. The number of aryl methyl sites for hydroxylation is 1. The van der Waals surface area contributed by atoms with E-state index < -0.39 is 23.9 Å². The molecule has 0 bridgehead atoms. The molecule has 8 nitrogen and oxygen atoms in total. The zero-order valence-corrected chi connectivity index (χ0v) is 15.5. The van der Waals surface area contributed by atoms with Crippen LogP contribution in [0.25, 0.3) is 0 Å². The Hall–Kier alpha value is -2.87. The summed E-state index contributed by atoms with van der Waals surface area (Å²) in [5.41, 5.74) is 1.07. The molecule has 0 aliphatic carbocycles. The van der Waals surface area contributed by atoms with Crippen LogP contribution in [0.2, 0.25) is 5.02 Å². The molecule has 138 valence electrons. The first-order valence-corrected chi connectivity index (χ1v) is 7.98. The second-order valence-electron chi connectivity index (χ2n) is 5.49. The van der Waals surface area contributed by atoms with E-state index in [9.17, 15) is 14.4 Å². The topological polar surface area (TPSA) is 99.5 Å². The molecule has 26 heavy (non-hydrogen) atoms. The van der Waals surface area contributed by atoms with Gasteiger partial charge >= 0.3 is 11.9 Å². The predicted octanol–water partition coefficient (Wildman–Crippen LogP) is 2.62. The molecule has 2 aromatic rings. The lowest BCUT2D eigenvalue weighted by Gasteiger charge is -2.14. The number of halogens is 1. The number of hydrogen-bond donors (Lipinski definition) is 1. The predicted molar refractivity (Wildman–Crippen MR) is 94.4 cm³/mol. The van der Waals surface area contributed by atoms with Gasteiger partial charge in [-0.15, -0.1) is 0 Å². The number of aromatic nitrogens is 2. The number of anilines is 1. The molecule has 0 saturated carbocycles. The Morgan fingerprint density at radius 3 is 2.08 bits per heavy atom. The van der Waals surface area contributed by atoms with Crippen LogP contribution in [-0.2, 0) is 14.3 Å². The Morgan fingerprint density at radius 1 is 1.12 bits per heavy atom. The summed E-state index contributed by atoms with van der Waals surface area (Å²) < 4.78 is 10.8. The zero-order chi connectivity index (χ0) is 19.4. The number of methoxy groups -OCH3 is 2. The number of hydrogen-bond acceptors (Lipinski definition) is 6. The van der Waals surface area contributed by atoms with Crippen molar-refractivity contribution in [2.45, 2.75) is 19.9 Å². The minimum absolute atomic E-state index is 0.108. The van der Waals surface area contributed by atoms with E-state index in [0.717, 1.165) is 0 Å². The summed E-state index contributed by atoms with van der Waals surface area (Å²) in [6.07, 6.45) is 1.55. The number of carbonyl (C=O) groups excluding carboxylic acids is 3. The third-order valence-electron chi connectivity index (χ3n) is 3.68. The largest absolute Gasteiger partial charge is 0.465 e. The smallest absolute Gasteiger partial charge is 0.337 e. The Balaban J connectivity index is 2.30. The molecule has 1 N–H and O–H groups in total. The van der Waals surface area contributed by atoms with Crippen LogP contribution < -0.4 is 5.32 Å². The second kappa shape index (κ2) is 8.01. The summed E-state index contributed by atoms with van der Waals surface area (Å²) in [7, 11) is 2.44. The fraction of sp³-hybridized carbons (Fsp3) is 0.294. The Labute approximate surface area is 155 Å². The minimum atomic E-state index is -0.662. The monoisotopic (exact) mass is 379 g/mol. The number of amides is 1. The standard InChI is InChI=1S/C17H18ClN3O5/c1-9-14(18)8-21(20-9)10(2)15(22)19-13-6-11(16(23)25-3)5-12(7-13)17(24)26-4/h5-8,10H,1-4H3,(H,19,22). The highest BCUT2D eigenvalue weighted by atomic mass is 35.5. The molecule has 0 aliphatic rings. The van der Waals surface area contributed by atoms with Crippen LogP contribution >= 0.6 is 11.6 Å². The van der Waals surface area contributed by atoms with Crippen molar-refractivity contribution in [2.24, 2.45) is 0 Å². The van der Waals surface area contributed by atoms with Crippen LogP contribution in [0.4, 0.5) is 5.69 Å². The van der Waals surface area contributed by atoms with Crippen molar-refractivity contribution in [3.63, 3.8) is 0 Å². The van der Waals surface area contributed by atoms with E-state index in [2.05, 4.69) is 19.9 Å². The van der Waals surface area contributed by atoms with Crippen LogP contribution in [-0.4, -0.2) is 41.8 Å². The lowest BCUT2D eigenvalue weighted by Crippen LogP contribution is -2.24. The molecular formula is C17H18ClN3O5. The quantitative estimate of drug-likeness (QED) is 0.801. The number of carbonyl (C=O) groups is 3. The van der Waals surface area contributed by atoms with E-state index in [1.165, 1.54) is 37.1 Å². The lowest BCUT2D eigenvalue weighted by atomic mass is 10.1. The van der Waals surface area contributed by atoms with Gasteiger partial charge in [0.1, 0.15) is 6.04 Å². The lowest BCUT2D eigenvalue weighted by molar-refractivity contribution is -0.119. The Kier molecular flexibility index (Phi) is 5.99. The highest BCUT2D eigenvalue weighted by Gasteiger charge is 2.19. The first kappa shape index (κ1) is 19.5. The maximum atomic E-state index is 12.5. The molecular weight excluding hydrogens is 362 g/mol. The van der Waals surface area contributed by atoms with Gasteiger partial charge in [0, 0.05) is 11.9 Å². The van der Waals surface area contributed by atoms with E-state index in [1.807, 2.05) is 0 Å². The Morgan fingerprint density at radius 2 is 1.65 bits per heavy atom. The molecule has 1 aromatic heterocycles. The summed E-state index contributed by atoms with van der Waals surface area (Å²) in [4.78, 5) is 36.1. The Bertz CT molecular complexity index is 808. The molecule has 1 unspecified atom stereocenters. The van der Waals surface area contributed by atoms with Gasteiger partial charge in [-0.1, -0.05) is 11.6 Å². The van der Waals surface area contributed by atoms with Gasteiger partial charge in [-0.05, 0) is 32.0 Å². The van der Waals surface area contributed by atoms with Crippen molar-refractivity contribution in [1.29, 1.82) is 0 Å².